The Hall–Kier alpha value is -3.00. The molecule has 2 aromatic rings. The quantitative estimate of drug-likeness (QED) is 0.539. The molecule has 0 aliphatic heterocycles. The van der Waals surface area contributed by atoms with Crippen LogP contribution in [-0.2, 0) is 14.8 Å². The lowest BCUT2D eigenvalue weighted by molar-refractivity contribution is -0.138. The predicted octanol–water partition coefficient (Wildman–Crippen LogP) is 2.97. The number of primary sulfonamides is 1. The summed E-state index contributed by atoms with van der Waals surface area (Å²) < 4.78 is 64.9. The molecule has 33 heavy (non-hydrogen) atoms. The van der Waals surface area contributed by atoms with Crippen LogP contribution >= 0.6 is 0 Å². The van der Waals surface area contributed by atoms with Gasteiger partial charge in [-0.2, -0.15) is 13.2 Å². The summed E-state index contributed by atoms with van der Waals surface area (Å²) in [5.74, 6) is 0.616. The number of rotatable bonds is 7. The number of ether oxygens (including phenoxy) is 1. The Bertz CT molecular complexity index is 1060. The van der Waals surface area contributed by atoms with Crippen molar-refractivity contribution < 1.29 is 31.1 Å². The molecule has 1 saturated carbocycles. The van der Waals surface area contributed by atoms with Crippen molar-refractivity contribution in [1.29, 1.82) is 0 Å². The first-order valence-electron chi connectivity index (χ1n) is 10.0. The van der Waals surface area contributed by atoms with Crippen LogP contribution in [0, 0.1) is 0 Å². The fourth-order valence-corrected chi connectivity index (χ4v) is 3.94. The summed E-state index contributed by atoms with van der Waals surface area (Å²) in [5, 5.41) is 10.1. The summed E-state index contributed by atoms with van der Waals surface area (Å²) in [7, 11) is -3.84. The number of nitrogens with zero attached hydrogens (tertiary/aromatic N) is 3. The Balaban J connectivity index is 1.50. The first-order chi connectivity index (χ1) is 15.4. The number of halogens is 3. The molecule has 0 saturated heterocycles. The Labute approximate surface area is 188 Å². The first-order valence-corrected chi connectivity index (χ1v) is 11.6. The lowest BCUT2D eigenvalue weighted by Crippen LogP contribution is -2.37. The van der Waals surface area contributed by atoms with Crippen LogP contribution < -0.4 is 15.8 Å². The van der Waals surface area contributed by atoms with E-state index in [1.54, 1.807) is 12.4 Å². The van der Waals surface area contributed by atoms with Crippen molar-refractivity contribution in [2.45, 2.75) is 61.7 Å². The summed E-state index contributed by atoms with van der Waals surface area (Å²) in [6.45, 7) is 1.27. The highest BCUT2D eigenvalue weighted by Crippen LogP contribution is 2.35. The van der Waals surface area contributed by atoms with Gasteiger partial charge in [0.1, 0.15) is 16.8 Å². The van der Waals surface area contributed by atoms with Gasteiger partial charge in [0, 0.05) is 24.6 Å². The zero-order chi connectivity index (χ0) is 24.2. The minimum absolute atomic E-state index is 0.0385. The van der Waals surface area contributed by atoms with E-state index in [9.17, 15) is 26.4 Å². The summed E-state index contributed by atoms with van der Waals surface area (Å²) in [6.07, 6.45) is -0.621. The topological polar surface area (TPSA) is 149 Å². The number of carbonyl (C=O) groups is 1. The van der Waals surface area contributed by atoms with E-state index in [0.717, 1.165) is 11.8 Å². The smallest absolute Gasteiger partial charge is 0.407 e. The van der Waals surface area contributed by atoms with Gasteiger partial charge in [-0.25, -0.2) is 33.3 Å². The average Bonchev–Trinajstić information content (AvgIpc) is 3.15. The molecular weight excluding hydrogens is 465 g/mol. The van der Waals surface area contributed by atoms with E-state index in [4.69, 9.17) is 9.88 Å². The third kappa shape index (κ3) is 7.53. The molecule has 0 aromatic carbocycles. The molecule has 0 unspecified atom stereocenters. The van der Waals surface area contributed by atoms with Gasteiger partial charge in [-0.1, -0.05) is 0 Å². The van der Waals surface area contributed by atoms with Gasteiger partial charge in [-0.05, 0) is 49.8 Å². The maximum absolute atomic E-state index is 12.4. The molecule has 0 bridgehead atoms. The number of pyridine rings is 1. The van der Waals surface area contributed by atoms with Crippen molar-refractivity contribution in [3.05, 3.63) is 36.3 Å². The molecule has 1 aliphatic carbocycles. The van der Waals surface area contributed by atoms with Crippen LogP contribution in [0.25, 0.3) is 0 Å². The summed E-state index contributed by atoms with van der Waals surface area (Å²) in [5.41, 5.74) is 0.829. The van der Waals surface area contributed by atoms with Crippen LogP contribution in [0.3, 0.4) is 0 Å². The number of nitrogens with two attached hydrogens (primary N) is 1. The number of hydrogen-bond acceptors (Lipinski definition) is 8. The Morgan fingerprint density at radius 3 is 2.48 bits per heavy atom. The van der Waals surface area contributed by atoms with Crippen molar-refractivity contribution in [2.24, 2.45) is 5.14 Å². The number of nitrogens with one attached hydrogen (secondary N) is 2. The van der Waals surface area contributed by atoms with Crippen molar-refractivity contribution in [2.75, 3.05) is 5.32 Å². The molecular formula is C19H23F3N6O4S. The second-order valence-corrected chi connectivity index (χ2v) is 9.35. The maximum Gasteiger partial charge on any atom is 0.407 e. The SMILES string of the molecule is C[C@@H](CC(F)(F)F)NC(=O)O[C@@H]1CC[C@H](c2cnc(Nc3ccc(S(N)(=O)=O)cn3)nc2)C1. The van der Waals surface area contributed by atoms with Gasteiger partial charge in [-0.15, -0.1) is 0 Å². The molecule has 1 amide bonds. The molecule has 180 valence electrons. The summed E-state index contributed by atoms with van der Waals surface area (Å²) in [6, 6.07) is 1.65. The van der Waals surface area contributed by atoms with Crippen molar-refractivity contribution in [3.8, 4) is 0 Å². The lowest BCUT2D eigenvalue weighted by atomic mass is 10.0. The number of anilines is 2. The standard InChI is InChI=1S/C19H23F3N6O4S/c1-11(7-19(20,21)22)27-18(29)32-14-3-2-12(6-14)13-8-25-17(26-9-13)28-16-5-4-15(10-24-16)33(23,30)31/h4-5,8-12,14H,2-3,6-7H2,1H3,(H,27,29)(H2,23,30,31)(H,24,25,26,28)/t11-,12-,14+/m0/s1. The van der Waals surface area contributed by atoms with Crippen LogP contribution in [0.5, 0.6) is 0 Å². The van der Waals surface area contributed by atoms with Gasteiger partial charge in [0.15, 0.2) is 0 Å². The largest absolute Gasteiger partial charge is 0.446 e. The van der Waals surface area contributed by atoms with Gasteiger partial charge < -0.3 is 15.4 Å². The Kier molecular flexibility index (Phi) is 7.37. The number of carbonyl (C=O) groups excluding carboxylic acids is 1. The van der Waals surface area contributed by atoms with Gasteiger partial charge in [-0.3, -0.25) is 0 Å². The van der Waals surface area contributed by atoms with E-state index in [1.165, 1.54) is 19.1 Å². The Morgan fingerprint density at radius 2 is 1.91 bits per heavy atom. The van der Waals surface area contributed by atoms with Crippen LogP contribution in [0.4, 0.5) is 29.7 Å². The number of aromatic nitrogens is 3. The molecule has 2 aromatic heterocycles. The third-order valence-electron chi connectivity index (χ3n) is 5.01. The number of sulfonamides is 1. The molecule has 1 aliphatic rings. The van der Waals surface area contributed by atoms with E-state index in [0.29, 0.717) is 25.1 Å². The minimum Gasteiger partial charge on any atom is -0.446 e. The third-order valence-corrected chi connectivity index (χ3v) is 5.91. The summed E-state index contributed by atoms with van der Waals surface area (Å²) >= 11 is 0. The number of hydrogen-bond donors (Lipinski definition) is 3. The second kappa shape index (κ2) is 9.87. The van der Waals surface area contributed by atoms with Crippen molar-refractivity contribution >= 4 is 27.9 Å². The van der Waals surface area contributed by atoms with Crippen LogP contribution in [-0.4, -0.2) is 47.8 Å². The number of amides is 1. The molecule has 14 heteroatoms. The molecule has 2 heterocycles. The van der Waals surface area contributed by atoms with Crippen molar-refractivity contribution in [3.63, 3.8) is 0 Å². The zero-order valence-corrected chi connectivity index (χ0v) is 18.4. The van der Waals surface area contributed by atoms with Crippen LogP contribution in [0.1, 0.15) is 44.1 Å². The van der Waals surface area contributed by atoms with Crippen molar-refractivity contribution in [1.82, 2.24) is 20.3 Å². The van der Waals surface area contributed by atoms with E-state index in [-0.39, 0.29) is 16.8 Å². The van der Waals surface area contributed by atoms with E-state index >= 15 is 0 Å². The highest BCUT2D eigenvalue weighted by atomic mass is 32.2. The van der Waals surface area contributed by atoms with E-state index in [2.05, 4.69) is 25.6 Å². The van der Waals surface area contributed by atoms with Gasteiger partial charge >= 0.3 is 12.3 Å². The summed E-state index contributed by atoms with van der Waals surface area (Å²) in [4.78, 5) is 24.1. The van der Waals surface area contributed by atoms with Crippen LogP contribution in [0.15, 0.2) is 35.6 Å². The average molecular weight is 488 g/mol. The first kappa shape index (κ1) is 24.6. The van der Waals surface area contributed by atoms with Gasteiger partial charge in [0.2, 0.25) is 16.0 Å². The zero-order valence-electron chi connectivity index (χ0n) is 17.5. The predicted molar refractivity (Wildman–Crippen MR) is 111 cm³/mol. The highest BCUT2D eigenvalue weighted by molar-refractivity contribution is 7.89. The monoisotopic (exact) mass is 488 g/mol. The van der Waals surface area contributed by atoms with Crippen LogP contribution in [0.2, 0.25) is 0 Å². The molecule has 10 nitrogen and oxygen atoms in total. The molecule has 3 rings (SSSR count). The maximum atomic E-state index is 12.4. The lowest BCUT2D eigenvalue weighted by Gasteiger charge is -2.18. The fourth-order valence-electron chi connectivity index (χ4n) is 3.49. The molecule has 4 N–H and O–H groups in total. The van der Waals surface area contributed by atoms with Gasteiger partial charge in [0.05, 0.1) is 6.42 Å². The van der Waals surface area contributed by atoms with E-state index in [1.807, 2.05) is 0 Å². The Morgan fingerprint density at radius 1 is 1.21 bits per heavy atom. The van der Waals surface area contributed by atoms with E-state index < -0.39 is 40.9 Å². The molecule has 3 atom stereocenters. The van der Waals surface area contributed by atoms with Gasteiger partial charge in [0.25, 0.3) is 0 Å². The minimum atomic E-state index is -4.36. The molecule has 1 fully saturated rings. The molecule has 0 radical (unpaired) electrons. The number of alkyl carbamates (subject to hydrolysis) is 1. The highest BCUT2D eigenvalue weighted by Gasteiger charge is 2.32. The number of alkyl halides is 3. The normalized spacial score (nSPS) is 19.7. The second-order valence-electron chi connectivity index (χ2n) is 7.79. The molecule has 0 spiro atoms. The fraction of sp³-hybridized carbons (Fsp3) is 0.474.